The van der Waals surface area contributed by atoms with Gasteiger partial charge in [0.25, 0.3) is 0 Å². The fourth-order valence-electron chi connectivity index (χ4n) is 5.56. The molecule has 1 amide bonds. The molecular formula is C22H35IN2O6. The minimum absolute atomic E-state index is 0.107. The Balaban J connectivity index is 1.64. The van der Waals surface area contributed by atoms with Crippen LogP contribution in [-0.4, -0.2) is 83.8 Å². The zero-order valence-corrected chi connectivity index (χ0v) is 20.9. The highest BCUT2D eigenvalue weighted by atomic mass is 127. The van der Waals surface area contributed by atoms with Crippen molar-refractivity contribution in [1.29, 1.82) is 0 Å². The number of alkyl halides is 1. The molecule has 3 aliphatic rings. The van der Waals surface area contributed by atoms with E-state index in [1.165, 1.54) is 7.11 Å². The maximum absolute atomic E-state index is 12.5. The van der Waals surface area contributed by atoms with Gasteiger partial charge in [-0.1, -0.05) is 22.6 Å². The number of methoxy groups -OCH3 is 1. The normalized spacial score (nSPS) is 33.5. The van der Waals surface area contributed by atoms with Crippen molar-refractivity contribution in [2.75, 3.05) is 40.0 Å². The van der Waals surface area contributed by atoms with E-state index in [2.05, 4.69) is 27.5 Å². The van der Waals surface area contributed by atoms with Crippen LogP contribution in [0.25, 0.3) is 0 Å². The van der Waals surface area contributed by atoms with Gasteiger partial charge in [-0.05, 0) is 63.7 Å². The number of nitrogens with zero attached hydrogens (tertiary/aromatic N) is 2. The summed E-state index contributed by atoms with van der Waals surface area (Å²) in [5.41, 5.74) is 0. The van der Waals surface area contributed by atoms with Crippen LogP contribution < -0.4 is 0 Å². The number of amides is 1. The third-order valence-corrected chi connectivity index (χ3v) is 7.86. The Morgan fingerprint density at radius 3 is 2.23 bits per heavy atom. The van der Waals surface area contributed by atoms with E-state index in [0.717, 1.165) is 38.8 Å². The highest BCUT2D eigenvalue weighted by Gasteiger charge is 2.46. The molecule has 0 aromatic carbocycles. The standard InChI is InChI=1S/C22H35IN2O6/c1-4-30-20(26)18-10-17(23)13-24(18)11-14-6-7-15-12-25(22(28)29-3)19(9-16(15)8-14)21(27)31-5-2/h14-19H,4-13H2,1-3H3. The average molecular weight is 550 g/mol. The van der Waals surface area contributed by atoms with Crippen LogP contribution in [0.15, 0.2) is 0 Å². The Hall–Kier alpha value is -1.10. The van der Waals surface area contributed by atoms with Gasteiger partial charge in [-0.15, -0.1) is 0 Å². The maximum atomic E-state index is 12.5. The predicted octanol–water partition coefficient (Wildman–Crippen LogP) is 2.86. The Morgan fingerprint density at radius 1 is 0.903 bits per heavy atom. The molecule has 2 saturated heterocycles. The number of likely N-dealkylation sites (tertiary alicyclic amines) is 2. The first kappa shape index (κ1) is 24.5. The molecule has 3 fully saturated rings. The van der Waals surface area contributed by atoms with Gasteiger partial charge in [0.2, 0.25) is 0 Å². The van der Waals surface area contributed by atoms with Crippen LogP contribution in [0.5, 0.6) is 0 Å². The van der Waals surface area contributed by atoms with Gasteiger partial charge >= 0.3 is 18.0 Å². The van der Waals surface area contributed by atoms with E-state index >= 15 is 0 Å². The lowest BCUT2D eigenvalue weighted by molar-refractivity contribution is -0.153. The van der Waals surface area contributed by atoms with Gasteiger partial charge in [-0.3, -0.25) is 14.6 Å². The van der Waals surface area contributed by atoms with Crippen LogP contribution >= 0.6 is 22.6 Å². The molecule has 176 valence electrons. The molecule has 0 spiro atoms. The first-order valence-corrected chi connectivity index (χ1v) is 12.7. The summed E-state index contributed by atoms with van der Waals surface area (Å²) in [6, 6.07) is -0.724. The molecule has 0 bridgehead atoms. The Bertz CT molecular complexity index is 662. The highest BCUT2D eigenvalue weighted by Crippen LogP contribution is 2.42. The summed E-state index contributed by atoms with van der Waals surface area (Å²) < 4.78 is 15.9. The largest absolute Gasteiger partial charge is 0.465 e. The molecule has 1 saturated carbocycles. The number of halogens is 1. The van der Waals surface area contributed by atoms with Crippen molar-refractivity contribution in [3.8, 4) is 0 Å². The van der Waals surface area contributed by atoms with Crippen LogP contribution in [0.2, 0.25) is 0 Å². The van der Waals surface area contributed by atoms with Gasteiger partial charge in [0.05, 0.1) is 20.3 Å². The monoisotopic (exact) mass is 550 g/mol. The second-order valence-electron chi connectivity index (χ2n) is 8.88. The number of hydrogen-bond acceptors (Lipinski definition) is 7. The number of fused-ring (bicyclic) bond motifs is 1. The molecular weight excluding hydrogens is 515 g/mol. The van der Waals surface area contributed by atoms with Gasteiger partial charge in [0.15, 0.2) is 0 Å². The number of hydrogen-bond donors (Lipinski definition) is 0. The van der Waals surface area contributed by atoms with Gasteiger partial charge < -0.3 is 14.2 Å². The van der Waals surface area contributed by atoms with E-state index < -0.39 is 12.1 Å². The molecule has 8 nitrogen and oxygen atoms in total. The van der Waals surface area contributed by atoms with E-state index in [-0.39, 0.29) is 18.0 Å². The van der Waals surface area contributed by atoms with Crippen molar-refractivity contribution in [2.24, 2.45) is 17.8 Å². The van der Waals surface area contributed by atoms with Crippen LogP contribution in [-0.2, 0) is 23.8 Å². The van der Waals surface area contributed by atoms with E-state index in [9.17, 15) is 14.4 Å². The lowest BCUT2D eigenvalue weighted by Crippen LogP contribution is -2.55. The molecule has 0 aromatic heterocycles. The zero-order valence-electron chi connectivity index (χ0n) is 18.8. The van der Waals surface area contributed by atoms with Gasteiger partial charge in [0.1, 0.15) is 12.1 Å². The van der Waals surface area contributed by atoms with E-state index in [0.29, 0.717) is 47.9 Å². The third-order valence-electron chi connectivity index (χ3n) is 6.95. The summed E-state index contributed by atoms with van der Waals surface area (Å²) in [4.78, 5) is 41.1. The molecule has 31 heavy (non-hydrogen) atoms. The molecule has 0 radical (unpaired) electrons. The number of carbonyl (C=O) groups excluding carboxylic acids is 3. The zero-order chi connectivity index (χ0) is 22.5. The van der Waals surface area contributed by atoms with Crippen LogP contribution in [0.4, 0.5) is 4.79 Å². The second kappa shape index (κ2) is 11.2. The topological polar surface area (TPSA) is 85.4 Å². The minimum atomic E-state index is -0.579. The van der Waals surface area contributed by atoms with Gasteiger partial charge in [-0.25, -0.2) is 9.59 Å². The quantitative estimate of drug-likeness (QED) is 0.218. The SMILES string of the molecule is CCOC(=O)C1CC(I)CN1CC1CCC2CN(C(=O)OC)C(C(=O)OCC)CC2C1. The predicted molar refractivity (Wildman–Crippen MR) is 123 cm³/mol. The summed E-state index contributed by atoms with van der Waals surface area (Å²) in [6.07, 6.45) is 4.10. The van der Waals surface area contributed by atoms with Crippen LogP contribution in [0, 0.1) is 17.8 Å². The van der Waals surface area contributed by atoms with Crippen molar-refractivity contribution >= 4 is 40.6 Å². The molecule has 0 aromatic rings. The van der Waals surface area contributed by atoms with Crippen molar-refractivity contribution in [1.82, 2.24) is 9.80 Å². The molecule has 2 heterocycles. The van der Waals surface area contributed by atoms with Crippen LogP contribution in [0.3, 0.4) is 0 Å². The number of ether oxygens (including phenoxy) is 3. The number of rotatable bonds is 6. The Morgan fingerprint density at radius 2 is 1.58 bits per heavy atom. The average Bonchev–Trinajstić information content (AvgIpc) is 3.12. The van der Waals surface area contributed by atoms with E-state index in [1.54, 1.807) is 11.8 Å². The summed E-state index contributed by atoms with van der Waals surface area (Å²) in [5.74, 6) is 0.769. The second-order valence-corrected chi connectivity index (χ2v) is 10.6. The lowest BCUT2D eigenvalue weighted by atomic mass is 9.69. The molecule has 0 N–H and O–H groups in total. The number of esters is 2. The summed E-state index contributed by atoms with van der Waals surface area (Å²) in [5, 5.41) is 0. The van der Waals surface area contributed by atoms with E-state index in [4.69, 9.17) is 14.2 Å². The van der Waals surface area contributed by atoms with Crippen molar-refractivity contribution in [3.63, 3.8) is 0 Å². The summed E-state index contributed by atoms with van der Waals surface area (Å²) in [7, 11) is 1.35. The highest BCUT2D eigenvalue weighted by molar-refractivity contribution is 14.1. The minimum Gasteiger partial charge on any atom is -0.465 e. The third kappa shape index (κ3) is 5.83. The number of carbonyl (C=O) groups is 3. The Labute approximate surface area is 198 Å². The molecule has 9 heteroatoms. The summed E-state index contributed by atoms with van der Waals surface area (Å²) in [6.45, 7) is 6.67. The van der Waals surface area contributed by atoms with Crippen molar-refractivity contribution < 1.29 is 28.6 Å². The molecule has 6 atom stereocenters. The van der Waals surface area contributed by atoms with Crippen molar-refractivity contribution in [3.05, 3.63) is 0 Å². The first-order valence-electron chi connectivity index (χ1n) is 11.4. The molecule has 6 unspecified atom stereocenters. The fourth-order valence-corrected chi connectivity index (χ4v) is 6.55. The fraction of sp³-hybridized carbons (Fsp3) is 0.864. The van der Waals surface area contributed by atoms with E-state index in [1.807, 2.05) is 6.92 Å². The molecule has 2 aliphatic heterocycles. The van der Waals surface area contributed by atoms with Gasteiger partial charge in [-0.2, -0.15) is 0 Å². The molecule has 1 aliphatic carbocycles. The summed E-state index contributed by atoms with van der Waals surface area (Å²) >= 11 is 2.43. The van der Waals surface area contributed by atoms with Gasteiger partial charge in [0, 0.05) is 23.6 Å². The molecule has 3 rings (SSSR count). The Kier molecular flexibility index (Phi) is 8.83. The number of piperidine rings is 1. The first-order chi connectivity index (χ1) is 14.9. The van der Waals surface area contributed by atoms with Crippen molar-refractivity contribution in [2.45, 2.75) is 62.0 Å². The van der Waals surface area contributed by atoms with Crippen LogP contribution in [0.1, 0.15) is 46.0 Å². The maximum Gasteiger partial charge on any atom is 0.410 e. The lowest BCUT2D eigenvalue weighted by Gasteiger charge is -2.46. The smallest absolute Gasteiger partial charge is 0.410 e.